The predicted octanol–water partition coefficient (Wildman–Crippen LogP) is 3.90. The van der Waals surface area contributed by atoms with Crippen molar-refractivity contribution in [3.63, 3.8) is 0 Å². The lowest BCUT2D eigenvalue weighted by atomic mass is 10.1. The van der Waals surface area contributed by atoms with Gasteiger partial charge in [-0.3, -0.25) is 0 Å². The minimum Gasteiger partial charge on any atom is -0.508 e. The van der Waals surface area contributed by atoms with E-state index in [-0.39, 0.29) is 6.04 Å². The summed E-state index contributed by atoms with van der Waals surface area (Å²) in [5, 5.41) is 13.9. The van der Waals surface area contributed by atoms with Crippen LogP contribution in [0.25, 0.3) is 0 Å². The summed E-state index contributed by atoms with van der Waals surface area (Å²) in [4.78, 5) is 0. The zero-order chi connectivity index (χ0) is 13.0. The van der Waals surface area contributed by atoms with Gasteiger partial charge in [-0.1, -0.05) is 41.9 Å². The van der Waals surface area contributed by atoms with Crippen molar-refractivity contribution in [2.45, 2.75) is 19.5 Å². The first-order valence-electron chi connectivity index (χ1n) is 5.92. The number of phenols is 1. The van der Waals surface area contributed by atoms with E-state index >= 15 is 0 Å². The number of para-hydroxylation sites is 1. The fraction of sp³-hybridized carbons (Fsp3) is 0.200. The van der Waals surface area contributed by atoms with Crippen LogP contribution in [0.1, 0.15) is 24.1 Å². The normalized spacial score (nSPS) is 12.3. The molecule has 0 aliphatic rings. The second kappa shape index (κ2) is 5.89. The van der Waals surface area contributed by atoms with Crippen molar-refractivity contribution in [3.05, 3.63) is 64.7 Å². The van der Waals surface area contributed by atoms with Gasteiger partial charge in [-0.15, -0.1) is 0 Å². The summed E-state index contributed by atoms with van der Waals surface area (Å²) in [6.45, 7) is 2.75. The quantitative estimate of drug-likeness (QED) is 0.875. The predicted molar refractivity (Wildman–Crippen MR) is 74.8 cm³/mol. The molecule has 1 unspecified atom stereocenters. The van der Waals surface area contributed by atoms with Gasteiger partial charge in [0.05, 0.1) is 0 Å². The van der Waals surface area contributed by atoms with E-state index in [0.717, 1.165) is 22.7 Å². The van der Waals surface area contributed by atoms with Gasteiger partial charge in [0, 0.05) is 23.2 Å². The number of hydrogen-bond acceptors (Lipinski definition) is 2. The van der Waals surface area contributed by atoms with Crippen molar-refractivity contribution in [2.24, 2.45) is 0 Å². The molecule has 3 heteroatoms. The van der Waals surface area contributed by atoms with Crippen molar-refractivity contribution in [1.82, 2.24) is 5.32 Å². The van der Waals surface area contributed by atoms with Crippen LogP contribution in [0.15, 0.2) is 48.5 Å². The highest BCUT2D eigenvalue weighted by Gasteiger charge is 2.08. The van der Waals surface area contributed by atoms with Gasteiger partial charge in [-0.2, -0.15) is 0 Å². The third-order valence-electron chi connectivity index (χ3n) is 2.90. The van der Waals surface area contributed by atoms with Crippen LogP contribution in [0.5, 0.6) is 5.75 Å². The highest BCUT2D eigenvalue weighted by Crippen LogP contribution is 2.23. The zero-order valence-corrected chi connectivity index (χ0v) is 11.0. The molecular weight excluding hydrogens is 246 g/mol. The topological polar surface area (TPSA) is 32.3 Å². The van der Waals surface area contributed by atoms with E-state index < -0.39 is 0 Å². The van der Waals surface area contributed by atoms with Gasteiger partial charge in [-0.05, 0) is 30.7 Å². The minimum atomic E-state index is 0.0881. The molecule has 1 atom stereocenters. The van der Waals surface area contributed by atoms with Crippen LogP contribution < -0.4 is 5.32 Å². The molecule has 0 heterocycles. The first-order chi connectivity index (χ1) is 8.66. The maximum Gasteiger partial charge on any atom is 0.120 e. The number of rotatable bonds is 4. The van der Waals surface area contributed by atoms with Crippen LogP contribution in [0.2, 0.25) is 5.02 Å². The van der Waals surface area contributed by atoms with Gasteiger partial charge in [-0.25, -0.2) is 0 Å². The summed E-state index contributed by atoms with van der Waals surface area (Å²) in [7, 11) is 0. The Labute approximate surface area is 112 Å². The van der Waals surface area contributed by atoms with E-state index in [1.54, 1.807) is 6.07 Å². The number of aromatic hydroxyl groups is 1. The molecule has 0 bridgehead atoms. The molecular formula is C15H16ClNO. The highest BCUT2D eigenvalue weighted by molar-refractivity contribution is 6.30. The summed E-state index contributed by atoms with van der Waals surface area (Å²) < 4.78 is 0. The van der Waals surface area contributed by atoms with E-state index in [2.05, 4.69) is 5.32 Å². The van der Waals surface area contributed by atoms with Crippen LogP contribution in [-0.2, 0) is 6.54 Å². The van der Waals surface area contributed by atoms with Gasteiger partial charge in [0.15, 0.2) is 0 Å². The van der Waals surface area contributed by atoms with Crippen LogP contribution in [-0.4, -0.2) is 5.11 Å². The standard InChI is InChI=1S/C15H16ClNO/c1-11(14-7-2-3-8-15(14)18)17-10-12-5-4-6-13(16)9-12/h2-9,11,17-18H,10H2,1H3. The van der Waals surface area contributed by atoms with Gasteiger partial charge >= 0.3 is 0 Å². The molecule has 0 aliphatic heterocycles. The average Bonchev–Trinajstić information content (AvgIpc) is 2.37. The molecule has 0 fully saturated rings. The van der Waals surface area contributed by atoms with Crippen molar-refractivity contribution >= 4 is 11.6 Å². The first kappa shape index (κ1) is 12.9. The Balaban J connectivity index is 2.00. The van der Waals surface area contributed by atoms with Gasteiger partial charge < -0.3 is 10.4 Å². The smallest absolute Gasteiger partial charge is 0.120 e. The number of benzene rings is 2. The largest absolute Gasteiger partial charge is 0.508 e. The third kappa shape index (κ3) is 3.25. The maximum atomic E-state index is 9.76. The molecule has 2 N–H and O–H groups in total. The van der Waals surface area contributed by atoms with Gasteiger partial charge in [0.25, 0.3) is 0 Å². The van der Waals surface area contributed by atoms with Crippen molar-refractivity contribution < 1.29 is 5.11 Å². The van der Waals surface area contributed by atoms with Crippen molar-refractivity contribution in [3.8, 4) is 5.75 Å². The number of hydrogen-bond donors (Lipinski definition) is 2. The van der Waals surface area contributed by atoms with E-state index in [1.807, 2.05) is 49.4 Å². The molecule has 0 aromatic heterocycles. The number of nitrogens with one attached hydrogen (secondary N) is 1. The first-order valence-corrected chi connectivity index (χ1v) is 6.30. The molecule has 0 saturated carbocycles. The fourth-order valence-electron chi connectivity index (χ4n) is 1.88. The minimum absolute atomic E-state index is 0.0881. The number of phenolic OH excluding ortho intramolecular Hbond substituents is 1. The van der Waals surface area contributed by atoms with Crippen LogP contribution in [0, 0.1) is 0 Å². The maximum absolute atomic E-state index is 9.76. The number of halogens is 1. The second-order valence-electron chi connectivity index (χ2n) is 4.29. The third-order valence-corrected chi connectivity index (χ3v) is 3.14. The Bertz CT molecular complexity index is 527. The molecule has 2 aromatic carbocycles. The van der Waals surface area contributed by atoms with Gasteiger partial charge in [0.1, 0.15) is 5.75 Å². The molecule has 2 nitrogen and oxygen atoms in total. The van der Waals surface area contributed by atoms with E-state index in [1.165, 1.54) is 0 Å². The summed E-state index contributed by atoms with van der Waals surface area (Å²) in [6, 6.07) is 15.2. The average molecular weight is 262 g/mol. The molecule has 0 amide bonds. The van der Waals surface area contributed by atoms with Gasteiger partial charge in [0.2, 0.25) is 0 Å². The summed E-state index contributed by atoms with van der Waals surface area (Å²) in [6.07, 6.45) is 0. The monoisotopic (exact) mass is 261 g/mol. The Kier molecular flexibility index (Phi) is 4.24. The molecule has 2 rings (SSSR count). The summed E-state index contributed by atoms with van der Waals surface area (Å²) in [5.74, 6) is 0.323. The summed E-state index contributed by atoms with van der Waals surface area (Å²) in [5.41, 5.74) is 2.03. The zero-order valence-electron chi connectivity index (χ0n) is 10.2. The molecule has 18 heavy (non-hydrogen) atoms. The lowest BCUT2D eigenvalue weighted by Crippen LogP contribution is -2.18. The Hall–Kier alpha value is -1.51. The second-order valence-corrected chi connectivity index (χ2v) is 4.73. The molecule has 0 spiro atoms. The van der Waals surface area contributed by atoms with E-state index in [9.17, 15) is 5.11 Å². The van der Waals surface area contributed by atoms with Crippen LogP contribution in [0.4, 0.5) is 0 Å². The fourth-order valence-corrected chi connectivity index (χ4v) is 2.09. The van der Waals surface area contributed by atoms with E-state index in [4.69, 9.17) is 11.6 Å². The summed E-state index contributed by atoms with van der Waals surface area (Å²) >= 11 is 5.93. The van der Waals surface area contributed by atoms with Crippen molar-refractivity contribution in [1.29, 1.82) is 0 Å². The highest BCUT2D eigenvalue weighted by atomic mass is 35.5. The van der Waals surface area contributed by atoms with E-state index in [0.29, 0.717) is 5.75 Å². The molecule has 2 aromatic rings. The van der Waals surface area contributed by atoms with Crippen molar-refractivity contribution in [2.75, 3.05) is 0 Å². The molecule has 0 saturated heterocycles. The van der Waals surface area contributed by atoms with Crippen LogP contribution in [0.3, 0.4) is 0 Å². The Morgan fingerprint density at radius 3 is 2.67 bits per heavy atom. The SMILES string of the molecule is CC(NCc1cccc(Cl)c1)c1ccccc1O. The molecule has 0 aliphatic carbocycles. The lowest BCUT2D eigenvalue weighted by Gasteiger charge is -2.15. The van der Waals surface area contributed by atoms with Crippen LogP contribution >= 0.6 is 11.6 Å². The lowest BCUT2D eigenvalue weighted by molar-refractivity contribution is 0.452. The Morgan fingerprint density at radius 2 is 1.94 bits per heavy atom. The molecule has 94 valence electrons. The Morgan fingerprint density at radius 1 is 1.17 bits per heavy atom. The molecule has 0 radical (unpaired) electrons.